The Labute approximate surface area is 96.6 Å². The van der Waals surface area contributed by atoms with Crippen molar-refractivity contribution in [1.82, 2.24) is 4.90 Å². The molecule has 1 aromatic rings. The van der Waals surface area contributed by atoms with Gasteiger partial charge in [-0.25, -0.2) is 0 Å². The van der Waals surface area contributed by atoms with Gasteiger partial charge < -0.3 is 9.84 Å². The van der Waals surface area contributed by atoms with Crippen LogP contribution in [0.25, 0.3) is 0 Å². The fourth-order valence-electron chi connectivity index (χ4n) is 1.94. The summed E-state index contributed by atoms with van der Waals surface area (Å²) in [7, 11) is 0. The van der Waals surface area contributed by atoms with Crippen LogP contribution in [0.2, 0.25) is 0 Å². The standard InChI is InChI=1S/C13H19NO2/c1-11-2-4-13(5-3-11)16-9-8-14-7-6-12(15)10-14/h2-5,12,15H,6-10H2,1H3/t12-/m0/s1. The van der Waals surface area contributed by atoms with Gasteiger partial charge in [-0.2, -0.15) is 0 Å². The van der Waals surface area contributed by atoms with Gasteiger partial charge in [0, 0.05) is 19.6 Å². The van der Waals surface area contributed by atoms with E-state index in [1.165, 1.54) is 5.56 Å². The second kappa shape index (κ2) is 5.32. The lowest BCUT2D eigenvalue weighted by Crippen LogP contribution is -2.27. The van der Waals surface area contributed by atoms with Gasteiger partial charge in [0.25, 0.3) is 0 Å². The molecule has 1 heterocycles. The molecule has 1 N–H and O–H groups in total. The third kappa shape index (κ3) is 3.22. The van der Waals surface area contributed by atoms with Crippen LogP contribution in [-0.2, 0) is 0 Å². The molecule has 1 atom stereocenters. The minimum absolute atomic E-state index is 0.139. The van der Waals surface area contributed by atoms with Crippen LogP contribution in [0.3, 0.4) is 0 Å². The van der Waals surface area contributed by atoms with E-state index in [1.54, 1.807) is 0 Å². The van der Waals surface area contributed by atoms with E-state index >= 15 is 0 Å². The van der Waals surface area contributed by atoms with Crippen molar-refractivity contribution in [3.63, 3.8) is 0 Å². The zero-order valence-electron chi connectivity index (χ0n) is 9.72. The first-order chi connectivity index (χ1) is 7.74. The van der Waals surface area contributed by atoms with Crippen LogP contribution in [0.15, 0.2) is 24.3 Å². The van der Waals surface area contributed by atoms with Gasteiger partial charge in [0.2, 0.25) is 0 Å². The molecular weight excluding hydrogens is 202 g/mol. The topological polar surface area (TPSA) is 32.7 Å². The average Bonchev–Trinajstić information content (AvgIpc) is 2.67. The second-order valence-corrected chi connectivity index (χ2v) is 4.40. The summed E-state index contributed by atoms with van der Waals surface area (Å²) in [5, 5.41) is 9.36. The summed E-state index contributed by atoms with van der Waals surface area (Å²) in [6.45, 7) is 5.42. The molecule has 0 aliphatic carbocycles. The van der Waals surface area contributed by atoms with Crippen LogP contribution >= 0.6 is 0 Å². The Morgan fingerprint density at radius 3 is 2.75 bits per heavy atom. The van der Waals surface area contributed by atoms with Crippen molar-refractivity contribution in [2.45, 2.75) is 19.4 Å². The molecule has 0 bridgehead atoms. The molecule has 0 amide bonds. The lowest BCUT2D eigenvalue weighted by atomic mass is 10.2. The van der Waals surface area contributed by atoms with Crippen molar-refractivity contribution in [2.24, 2.45) is 0 Å². The first-order valence-electron chi connectivity index (χ1n) is 5.84. The first-order valence-corrected chi connectivity index (χ1v) is 5.84. The van der Waals surface area contributed by atoms with Crippen molar-refractivity contribution in [1.29, 1.82) is 0 Å². The quantitative estimate of drug-likeness (QED) is 0.835. The lowest BCUT2D eigenvalue weighted by molar-refractivity contribution is 0.167. The van der Waals surface area contributed by atoms with Gasteiger partial charge in [-0.05, 0) is 25.5 Å². The monoisotopic (exact) mass is 221 g/mol. The predicted octanol–water partition coefficient (Wildman–Crippen LogP) is 1.44. The highest BCUT2D eigenvalue weighted by Crippen LogP contribution is 2.12. The SMILES string of the molecule is Cc1ccc(OCCN2CC[C@H](O)C2)cc1. The largest absolute Gasteiger partial charge is 0.492 e. The molecule has 1 fully saturated rings. The number of aliphatic hydroxyl groups excluding tert-OH is 1. The molecule has 0 aromatic heterocycles. The molecule has 1 aliphatic heterocycles. The van der Waals surface area contributed by atoms with E-state index in [0.29, 0.717) is 6.61 Å². The Bertz CT molecular complexity index is 323. The van der Waals surface area contributed by atoms with Crippen LogP contribution in [0.1, 0.15) is 12.0 Å². The van der Waals surface area contributed by atoms with E-state index in [9.17, 15) is 5.11 Å². The fourth-order valence-corrected chi connectivity index (χ4v) is 1.94. The van der Waals surface area contributed by atoms with Crippen LogP contribution in [0.4, 0.5) is 0 Å². The Balaban J connectivity index is 1.70. The van der Waals surface area contributed by atoms with E-state index in [0.717, 1.165) is 31.8 Å². The molecule has 16 heavy (non-hydrogen) atoms. The zero-order valence-corrected chi connectivity index (χ0v) is 9.72. The smallest absolute Gasteiger partial charge is 0.119 e. The molecule has 3 nitrogen and oxygen atoms in total. The maximum Gasteiger partial charge on any atom is 0.119 e. The summed E-state index contributed by atoms with van der Waals surface area (Å²) >= 11 is 0. The fraction of sp³-hybridized carbons (Fsp3) is 0.538. The number of hydrogen-bond donors (Lipinski definition) is 1. The number of aliphatic hydroxyl groups is 1. The van der Waals surface area contributed by atoms with Crippen LogP contribution in [0, 0.1) is 6.92 Å². The van der Waals surface area contributed by atoms with Crippen molar-refractivity contribution >= 4 is 0 Å². The van der Waals surface area contributed by atoms with Crippen LogP contribution < -0.4 is 4.74 Å². The maximum atomic E-state index is 9.36. The van der Waals surface area contributed by atoms with Gasteiger partial charge in [0.15, 0.2) is 0 Å². The van der Waals surface area contributed by atoms with Gasteiger partial charge in [-0.15, -0.1) is 0 Å². The highest BCUT2D eigenvalue weighted by Gasteiger charge is 2.19. The number of likely N-dealkylation sites (tertiary alicyclic amines) is 1. The Kier molecular flexibility index (Phi) is 3.80. The predicted molar refractivity (Wildman–Crippen MR) is 63.7 cm³/mol. The molecule has 1 aliphatic rings. The Morgan fingerprint density at radius 1 is 1.38 bits per heavy atom. The number of ether oxygens (including phenoxy) is 1. The minimum Gasteiger partial charge on any atom is -0.492 e. The molecule has 0 spiro atoms. The molecule has 0 saturated carbocycles. The second-order valence-electron chi connectivity index (χ2n) is 4.40. The lowest BCUT2D eigenvalue weighted by Gasteiger charge is -2.15. The minimum atomic E-state index is -0.139. The summed E-state index contributed by atoms with van der Waals surface area (Å²) in [6.07, 6.45) is 0.754. The first kappa shape index (κ1) is 11.4. The number of β-amino-alcohol motifs (C(OH)–C–C–N with tert-alkyl or cyclic N) is 1. The van der Waals surface area contributed by atoms with Gasteiger partial charge in [0.05, 0.1) is 6.10 Å². The van der Waals surface area contributed by atoms with Gasteiger partial charge >= 0.3 is 0 Å². The number of aryl methyl sites for hydroxylation is 1. The van der Waals surface area contributed by atoms with E-state index < -0.39 is 0 Å². The molecule has 0 unspecified atom stereocenters. The van der Waals surface area contributed by atoms with E-state index in [-0.39, 0.29) is 6.10 Å². The highest BCUT2D eigenvalue weighted by atomic mass is 16.5. The molecule has 88 valence electrons. The third-order valence-corrected chi connectivity index (χ3v) is 2.94. The van der Waals surface area contributed by atoms with Crippen LogP contribution in [0.5, 0.6) is 5.75 Å². The summed E-state index contributed by atoms with van der Waals surface area (Å²) in [4.78, 5) is 2.23. The Morgan fingerprint density at radius 2 is 2.12 bits per heavy atom. The van der Waals surface area contributed by atoms with E-state index in [4.69, 9.17) is 4.74 Å². The molecule has 2 rings (SSSR count). The Hall–Kier alpha value is -1.06. The molecule has 1 aromatic carbocycles. The normalized spacial score (nSPS) is 21.2. The van der Waals surface area contributed by atoms with E-state index in [2.05, 4.69) is 24.0 Å². The molecular formula is C13H19NO2. The number of benzene rings is 1. The van der Waals surface area contributed by atoms with Crippen molar-refractivity contribution in [3.05, 3.63) is 29.8 Å². The van der Waals surface area contributed by atoms with Gasteiger partial charge in [-0.3, -0.25) is 4.90 Å². The van der Waals surface area contributed by atoms with Crippen LogP contribution in [-0.4, -0.2) is 42.4 Å². The summed E-state index contributed by atoms with van der Waals surface area (Å²) in [6, 6.07) is 8.09. The molecule has 0 radical (unpaired) electrons. The van der Waals surface area contributed by atoms with E-state index in [1.807, 2.05) is 12.1 Å². The summed E-state index contributed by atoms with van der Waals surface area (Å²) in [5.41, 5.74) is 1.25. The summed E-state index contributed by atoms with van der Waals surface area (Å²) in [5.74, 6) is 0.922. The van der Waals surface area contributed by atoms with Crippen molar-refractivity contribution in [2.75, 3.05) is 26.2 Å². The number of nitrogens with zero attached hydrogens (tertiary/aromatic N) is 1. The zero-order chi connectivity index (χ0) is 11.4. The van der Waals surface area contributed by atoms with Gasteiger partial charge in [-0.1, -0.05) is 17.7 Å². The number of hydrogen-bond acceptors (Lipinski definition) is 3. The third-order valence-electron chi connectivity index (χ3n) is 2.94. The number of rotatable bonds is 4. The van der Waals surface area contributed by atoms with Crippen molar-refractivity contribution in [3.8, 4) is 5.75 Å². The maximum absolute atomic E-state index is 9.36. The molecule has 3 heteroatoms. The molecule has 1 saturated heterocycles. The summed E-state index contributed by atoms with van der Waals surface area (Å²) < 4.78 is 5.63. The average molecular weight is 221 g/mol. The van der Waals surface area contributed by atoms with Gasteiger partial charge in [0.1, 0.15) is 12.4 Å². The van der Waals surface area contributed by atoms with Crippen molar-refractivity contribution < 1.29 is 9.84 Å². The highest BCUT2D eigenvalue weighted by molar-refractivity contribution is 5.26.